The summed E-state index contributed by atoms with van der Waals surface area (Å²) in [6.45, 7) is 16.9. The van der Waals surface area contributed by atoms with Gasteiger partial charge < -0.3 is 28.6 Å². The Hall–Kier alpha value is -2.02. The van der Waals surface area contributed by atoms with E-state index in [-0.39, 0.29) is 44.9 Å². The highest BCUT2D eigenvalue weighted by Gasteiger charge is 2.20. The lowest BCUT2D eigenvalue weighted by Gasteiger charge is -2.22. The van der Waals surface area contributed by atoms with Crippen molar-refractivity contribution in [3.8, 4) is 0 Å². The molecule has 0 aliphatic carbocycles. The molecule has 1 aromatic rings. The largest absolute Gasteiger partial charge is 0.347 e. The normalized spacial score (nSPS) is 11.6. The lowest BCUT2D eigenvalue weighted by molar-refractivity contribution is -0.122. The molecule has 0 bridgehead atoms. The lowest BCUT2D eigenvalue weighted by atomic mass is 10.1. The Balaban J connectivity index is 2.62. The van der Waals surface area contributed by atoms with Crippen molar-refractivity contribution in [2.45, 2.75) is 51.5 Å². The van der Waals surface area contributed by atoms with Gasteiger partial charge in [0.25, 0.3) is 0 Å². The van der Waals surface area contributed by atoms with Crippen molar-refractivity contribution < 1.29 is 18.4 Å². The molecular formula is C22H32N3O4P. The summed E-state index contributed by atoms with van der Waals surface area (Å²) in [5, 5.41) is 3.05. The van der Waals surface area contributed by atoms with Crippen LogP contribution in [0.3, 0.4) is 0 Å². The molecule has 0 heterocycles. The van der Waals surface area contributed by atoms with E-state index >= 15 is 0 Å². The molecule has 0 spiro atoms. The van der Waals surface area contributed by atoms with Crippen molar-refractivity contribution in [3.63, 3.8) is 0 Å². The van der Waals surface area contributed by atoms with Crippen molar-refractivity contribution >= 4 is 14.5 Å². The minimum atomic E-state index is -1.69. The standard InChI is InChI=1S/C22H32N3O4P/c1-4-5-6-7-11-14-22(26)25-21(20-12-9-8-10-13-20)19-29-30(27-17-15-23-2)28-18-16-24-3/h8-10,12-13,21H,4-7,11,14-19H2,1H3,(H,25,26). The van der Waals surface area contributed by atoms with Crippen molar-refractivity contribution in [2.24, 2.45) is 0 Å². The van der Waals surface area contributed by atoms with Crippen molar-refractivity contribution in [1.29, 1.82) is 0 Å². The van der Waals surface area contributed by atoms with Gasteiger partial charge in [-0.05, 0) is 12.0 Å². The fraction of sp³-hybridized carbons (Fsp3) is 0.591. The first kappa shape index (κ1) is 26.0. The number of nitrogens with zero attached hydrogens (tertiary/aromatic N) is 2. The summed E-state index contributed by atoms with van der Waals surface area (Å²) < 4.78 is 16.8. The minimum absolute atomic E-state index is 0.00358. The number of nitrogens with one attached hydrogen (secondary N) is 1. The smallest absolute Gasteiger partial charge is 0.333 e. The zero-order valence-electron chi connectivity index (χ0n) is 17.7. The van der Waals surface area contributed by atoms with E-state index in [4.69, 9.17) is 26.7 Å². The number of unbranched alkanes of at least 4 members (excludes halogenated alkanes) is 4. The summed E-state index contributed by atoms with van der Waals surface area (Å²) in [4.78, 5) is 18.9. The predicted octanol–water partition coefficient (Wildman–Crippen LogP) is 5.32. The first-order chi connectivity index (χ1) is 14.7. The molecule has 30 heavy (non-hydrogen) atoms. The van der Waals surface area contributed by atoms with E-state index in [1.807, 2.05) is 30.3 Å². The third-order valence-electron chi connectivity index (χ3n) is 4.19. The first-order valence-electron chi connectivity index (χ1n) is 10.4. The van der Waals surface area contributed by atoms with Crippen LogP contribution in [0.2, 0.25) is 0 Å². The monoisotopic (exact) mass is 433 g/mol. The van der Waals surface area contributed by atoms with Crippen LogP contribution in [0.5, 0.6) is 0 Å². The van der Waals surface area contributed by atoms with Gasteiger partial charge in [0.2, 0.25) is 19.0 Å². The van der Waals surface area contributed by atoms with Crippen LogP contribution in [0.25, 0.3) is 9.69 Å². The van der Waals surface area contributed by atoms with Crippen molar-refractivity contribution in [1.82, 2.24) is 5.32 Å². The maximum Gasteiger partial charge on any atom is 0.333 e. The Labute approximate surface area is 181 Å². The summed E-state index contributed by atoms with van der Waals surface area (Å²) in [6, 6.07) is 9.31. The number of rotatable bonds is 17. The van der Waals surface area contributed by atoms with Crippen LogP contribution in [0.1, 0.15) is 57.1 Å². The number of hydrogen-bond acceptors (Lipinski definition) is 4. The fourth-order valence-corrected chi connectivity index (χ4v) is 3.59. The van der Waals surface area contributed by atoms with Gasteiger partial charge in [0.1, 0.15) is 13.2 Å². The molecule has 164 valence electrons. The third-order valence-corrected chi connectivity index (χ3v) is 5.34. The molecule has 0 saturated carbocycles. The molecule has 7 nitrogen and oxygen atoms in total. The van der Waals surface area contributed by atoms with Gasteiger partial charge in [-0.3, -0.25) is 4.79 Å². The van der Waals surface area contributed by atoms with E-state index in [0.29, 0.717) is 6.42 Å². The molecule has 0 radical (unpaired) electrons. The molecule has 1 rings (SSSR count). The molecule has 0 saturated heterocycles. The van der Waals surface area contributed by atoms with Crippen molar-refractivity contribution in [3.05, 3.63) is 58.7 Å². The molecular weight excluding hydrogens is 401 g/mol. The number of amides is 1. The van der Waals surface area contributed by atoms with E-state index in [1.54, 1.807) is 0 Å². The second-order valence-electron chi connectivity index (χ2n) is 6.64. The van der Waals surface area contributed by atoms with Crippen LogP contribution in [0.15, 0.2) is 30.3 Å². The van der Waals surface area contributed by atoms with Crippen molar-refractivity contribution in [2.75, 3.05) is 32.9 Å². The first-order valence-corrected chi connectivity index (χ1v) is 11.5. The van der Waals surface area contributed by atoms with Gasteiger partial charge in [-0.15, -0.1) is 0 Å². The number of hydrogen-bond donors (Lipinski definition) is 1. The molecule has 0 aromatic heterocycles. The average Bonchev–Trinajstić information content (AvgIpc) is 2.76. The van der Waals surface area contributed by atoms with Crippen LogP contribution in [0.4, 0.5) is 0 Å². The Morgan fingerprint density at radius 2 is 1.63 bits per heavy atom. The predicted molar refractivity (Wildman–Crippen MR) is 118 cm³/mol. The zero-order chi connectivity index (χ0) is 21.9. The zero-order valence-corrected chi connectivity index (χ0v) is 18.6. The van der Waals surface area contributed by atoms with Crippen LogP contribution in [0, 0.1) is 13.1 Å². The molecule has 0 aliphatic rings. The second kappa shape index (κ2) is 17.8. The van der Waals surface area contributed by atoms with Crippen LogP contribution in [-0.2, 0) is 18.4 Å². The highest BCUT2D eigenvalue weighted by Crippen LogP contribution is 2.40. The number of carbonyl (C=O) groups excluding carboxylic acids is 1. The SMILES string of the molecule is [C-]#[N+]CCOP(OCC[N+]#[C-])OCC(NC(=O)CCCCCCC)c1ccccc1. The number of benzene rings is 1. The molecule has 1 N–H and O–H groups in total. The van der Waals surface area contributed by atoms with E-state index in [1.165, 1.54) is 12.8 Å². The topological polar surface area (TPSA) is 65.5 Å². The Morgan fingerprint density at radius 1 is 1.00 bits per heavy atom. The molecule has 0 fully saturated rings. The van der Waals surface area contributed by atoms with E-state index in [2.05, 4.69) is 21.9 Å². The highest BCUT2D eigenvalue weighted by atomic mass is 31.2. The van der Waals surface area contributed by atoms with E-state index in [9.17, 15) is 4.79 Å². The van der Waals surface area contributed by atoms with E-state index in [0.717, 1.165) is 24.8 Å². The molecule has 1 amide bonds. The summed E-state index contributed by atoms with van der Waals surface area (Å²) in [5.74, 6) is -0.00358. The highest BCUT2D eigenvalue weighted by molar-refractivity contribution is 7.41. The maximum atomic E-state index is 12.4. The van der Waals surface area contributed by atoms with Crippen LogP contribution in [-0.4, -0.2) is 38.8 Å². The maximum absolute atomic E-state index is 12.4. The third kappa shape index (κ3) is 12.5. The van der Waals surface area contributed by atoms with E-state index < -0.39 is 8.60 Å². The summed E-state index contributed by atoms with van der Waals surface area (Å²) in [7, 11) is -1.69. The summed E-state index contributed by atoms with van der Waals surface area (Å²) >= 11 is 0. The summed E-state index contributed by atoms with van der Waals surface area (Å²) in [5.41, 5.74) is 0.939. The van der Waals surface area contributed by atoms with Gasteiger partial charge in [0.05, 0.1) is 12.6 Å². The molecule has 1 unspecified atom stereocenters. The Bertz CT molecular complexity index is 641. The number of carbonyl (C=O) groups is 1. The van der Waals surface area contributed by atoms with Crippen LogP contribution < -0.4 is 5.32 Å². The fourth-order valence-electron chi connectivity index (χ4n) is 2.63. The van der Waals surface area contributed by atoms with Gasteiger partial charge in [-0.1, -0.05) is 62.9 Å². The van der Waals surface area contributed by atoms with Crippen LogP contribution >= 0.6 is 8.60 Å². The van der Waals surface area contributed by atoms with Gasteiger partial charge >= 0.3 is 8.60 Å². The molecule has 1 atom stereocenters. The molecule has 0 aliphatic heterocycles. The van der Waals surface area contributed by atoms with Gasteiger partial charge in [-0.25, -0.2) is 13.1 Å². The second-order valence-corrected chi connectivity index (χ2v) is 7.87. The Morgan fingerprint density at radius 3 is 2.23 bits per heavy atom. The average molecular weight is 433 g/mol. The summed E-state index contributed by atoms with van der Waals surface area (Å²) in [6.07, 6.45) is 5.96. The quantitative estimate of drug-likeness (QED) is 0.205. The molecule has 8 heteroatoms. The van der Waals surface area contributed by atoms with Gasteiger partial charge in [-0.2, -0.15) is 0 Å². The molecule has 1 aromatic carbocycles. The van der Waals surface area contributed by atoms with Gasteiger partial charge in [0.15, 0.2) is 0 Å². The minimum Gasteiger partial charge on any atom is -0.347 e. The lowest BCUT2D eigenvalue weighted by Crippen LogP contribution is -2.31. The van der Waals surface area contributed by atoms with Gasteiger partial charge in [0, 0.05) is 6.42 Å². The Kier molecular flexibility index (Phi) is 15.4.